The van der Waals surface area contributed by atoms with Crippen LogP contribution < -0.4 is 0 Å². The monoisotopic (exact) mass is 197 g/mol. The Kier molecular flexibility index (Phi) is 4.14. The third-order valence-corrected chi connectivity index (χ3v) is 2.92. The van der Waals surface area contributed by atoms with Gasteiger partial charge in [-0.05, 0) is 38.3 Å². The van der Waals surface area contributed by atoms with Crippen molar-refractivity contribution in [1.82, 2.24) is 4.90 Å². The van der Waals surface area contributed by atoms with Crippen molar-refractivity contribution in [2.75, 3.05) is 13.1 Å². The Morgan fingerprint density at radius 1 is 1.57 bits per heavy atom. The maximum atomic E-state index is 10.9. The highest BCUT2D eigenvalue weighted by Crippen LogP contribution is 2.18. The van der Waals surface area contributed by atoms with Crippen LogP contribution in [0, 0.1) is 5.92 Å². The van der Waals surface area contributed by atoms with Gasteiger partial charge in [0.05, 0.1) is 0 Å². The first-order chi connectivity index (χ1) is 6.65. The Morgan fingerprint density at radius 2 is 2.29 bits per heavy atom. The summed E-state index contributed by atoms with van der Waals surface area (Å²) in [6.45, 7) is 7.58. The molecule has 2 unspecified atom stereocenters. The zero-order chi connectivity index (χ0) is 10.6. The molecule has 0 aliphatic carbocycles. The number of hydrogen-bond acceptors (Lipinski definition) is 2. The van der Waals surface area contributed by atoms with Gasteiger partial charge in [0, 0.05) is 0 Å². The summed E-state index contributed by atoms with van der Waals surface area (Å²) in [5.41, 5.74) is 0. The van der Waals surface area contributed by atoms with Crippen LogP contribution in [0.25, 0.3) is 0 Å². The molecule has 0 aromatic heterocycles. The summed E-state index contributed by atoms with van der Waals surface area (Å²) in [6, 6.07) is -0.500. The molecular weight excluding hydrogens is 178 g/mol. The fourth-order valence-corrected chi connectivity index (χ4v) is 1.97. The molecule has 0 radical (unpaired) electrons. The molecule has 0 saturated carbocycles. The third kappa shape index (κ3) is 2.84. The number of rotatable bonds is 3. The molecule has 0 amide bonds. The predicted octanol–water partition coefficient (Wildman–Crippen LogP) is 1.75. The third-order valence-electron chi connectivity index (χ3n) is 2.92. The van der Waals surface area contributed by atoms with Gasteiger partial charge in [-0.2, -0.15) is 0 Å². The average Bonchev–Trinajstić information content (AvgIpc) is 2.32. The summed E-state index contributed by atoms with van der Waals surface area (Å²) in [7, 11) is 0. The molecule has 0 aromatic carbocycles. The van der Waals surface area contributed by atoms with Crippen molar-refractivity contribution in [3.8, 4) is 0 Å². The van der Waals surface area contributed by atoms with Gasteiger partial charge >= 0.3 is 5.97 Å². The van der Waals surface area contributed by atoms with Gasteiger partial charge in [0.1, 0.15) is 6.04 Å². The average molecular weight is 197 g/mol. The fraction of sp³-hybridized carbons (Fsp3) is 0.727. The second-order valence-corrected chi connectivity index (χ2v) is 4.09. The van der Waals surface area contributed by atoms with Crippen molar-refractivity contribution in [3.63, 3.8) is 0 Å². The topological polar surface area (TPSA) is 40.5 Å². The second kappa shape index (κ2) is 5.15. The molecule has 3 heteroatoms. The van der Waals surface area contributed by atoms with E-state index in [4.69, 9.17) is 5.11 Å². The lowest BCUT2D eigenvalue weighted by Crippen LogP contribution is -2.40. The quantitative estimate of drug-likeness (QED) is 0.701. The number of carboxylic acid groups (broad SMARTS) is 1. The SMILES string of the molecule is C=CC(C(=O)O)N1CCCC(C)CC1. The zero-order valence-electron chi connectivity index (χ0n) is 8.78. The van der Waals surface area contributed by atoms with E-state index in [0.29, 0.717) is 0 Å². The van der Waals surface area contributed by atoms with Crippen molar-refractivity contribution < 1.29 is 9.90 Å². The Morgan fingerprint density at radius 3 is 2.86 bits per heavy atom. The maximum Gasteiger partial charge on any atom is 0.324 e. The number of hydrogen-bond donors (Lipinski definition) is 1. The molecule has 1 heterocycles. The summed E-state index contributed by atoms with van der Waals surface area (Å²) in [6.07, 6.45) is 4.93. The van der Waals surface area contributed by atoms with E-state index >= 15 is 0 Å². The molecule has 1 N–H and O–H groups in total. The minimum Gasteiger partial charge on any atom is -0.480 e. The van der Waals surface area contributed by atoms with Crippen LogP contribution in [0.15, 0.2) is 12.7 Å². The summed E-state index contributed by atoms with van der Waals surface area (Å²) in [5, 5.41) is 8.97. The smallest absolute Gasteiger partial charge is 0.324 e. The lowest BCUT2D eigenvalue weighted by atomic mass is 10.0. The molecule has 80 valence electrons. The van der Waals surface area contributed by atoms with Crippen molar-refractivity contribution in [1.29, 1.82) is 0 Å². The van der Waals surface area contributed by atoms with Gasteiger partial charge in [0.15, 0.2) is 0 Å². The first-order valence-corrected chi connectivity index (χ1v) is 5.24. The first kappa shape index (κ1) is 11.2. The van der Waals surface area contributed by atoms with Crippen LogP contribution >= 0.6 is 0 Å². The molecular formula is C11H19NO2. The van der Waals surface area contributed by atoms with Crippen molar-refractivity contribution in [2.24, 2.45) is 5.92 Å². The van der Waals surface area contributed by atoms with Crippen molar-refractivity contribution in [2.45, 2.75) is 32.2 Å². The van der Waals surface area contributed by atoms with E-state index in [1.54, 1.807) is 0 Å². The first-order valence-electron chi connectivity index (χ1n) is 5.24. The Bertz CT molecular complexity index is 215. The van der Waals surface area contributed by atoms with Gasteiger partial charge < -0.3 is 5.11 Å². The van der Waals surface area contributed by atoms with Crippen LogP contribution in [0.5, 0.6) is 0 Å². The van der Waals surface area contributed by atoms with Gasteiger partial charge in [0.25, 0.3) is 0 Å². The van der Waals surface area contributed by atoms with E-state index in [2.05, 4.69) is 13.5 Å². The predicted molar refractivity (Wildman–Crippen MR) is 56.2 cm³/mol. The van der Waals surface area contributed by atoms with Gasteiger partial charge in [-0.15, -0.1) is 6.58 Å². The van der Waals surface area contributed by atoms with E-state index in [9.17, 15) is 4.79 Å². The lowest BCUT2D eigenvalue weighted by molar-refractivity contribution is -0.141. The maximum absolute atomic E-state index is 10.9. The summed E-state index contributed by atoms with van der Waals surface area (Å²) in [5.74, 6) is -0.0613. The molecule has 3 nitrogen and oxygen atoms in total. The minimum absolute atomic E-state index is 0.500. The molecule has 1 fully saturated rings. The van der Waals surface area contributed by atoms with Crippen molar-refractivity contribution in [3.05, 3.63) is 12.7 Å². The van der Waals surface area contributed by atoms with Gasteiger partial charge in [0.2, 0.25) is 0 Å². The van der Waals surface area contributed by atoms with Gasteiger partial charge in [-0.1, -0.05) is 13.0 Å². The largest absolute Gasteiger partial charge is 0.480 e. The van der Waals surface area contributed by atoms with Crippen LogP contribution in [-0.2, 0) is 4.79 Å². The normalized spacial score (nSPS) is 26.5. The highest BCUT2D eigenvalue weighted by molar-refractivity contribution is 5.75. The highest BCUT2D eigenvalue weighted by atomic mass is 16.4. The van der Waals surface area contributed by atoms with Crippen LogP contribution in [0.3, 0.4) is 0 Å². The van der Waals surface area contributed by atoms with Gasteiger partial charge in [-0.3, -0.25) is 9.69 Å². The van der Waals surface area contributed by atoms with E-state index in [-0.39, 0.29) is 0 Å². The zero-order valence-corrected chi connectivity index (χ0v) is 8.78. The molecule has 0 aromatic rings. The van der Waals surface area contributed by atoms with E-state index < -0.39 is 12.0 Å². The molecule has 1 aliphatic heterocycles. The molecule has 1 rings (SSSR count). The van der Waals surface area contributed by atoms with E-state index in [1.165, 1.54) is 12.5 Å². The molecule has 14 heavy (non-hydrogen) atoms. The van der Waals surface area contributed by atoms with Gasteiger partial charge in [-0.25, -0.2) is 0 Å². The number of nitrogens with zero attached hydrogens (tertiary/aromatic N) is 1. The van der Waals surface area contributed by atoms with E-state index in [0.717, 1.165) is 31.8 Å². The fourth-order valence-electron chi connectivity index (χ4n) is 1.97. The Balaban J connectivity index is 2.57. The summed E-state index contributed by atoms with van der Waals surface area (Å²) < 4.78 is 0. The summed E-state index contributed by atoms with van der Waals surface area (Å²) in [4.78, 5) is 12.9. The number of carbonyl (C=O) groups is 1. The lowest BCUT2D eigenvalue weighted by Gasteiger charge is -2.24. The van der Waals surface area contributed by atoms with E-state index in [1.807, 2.05) is 4.90 Å². The molecule has 1 aliphatic rings. The van der Waals surface area contributed by atoms with Crippen LogP contribution in [0.1, 0.15) is 26.2 Å². The van der Waals surface area contributed by atoms with Crippen LogP contribution in [0.4, 0.5) is 0 Å². The summed E-state index contributed by atoms with van der Waals surface area (Å²) >= 11 is 0. The Labute approximate surface area is 85.4 Å². The number of carboxylic acids is 1. The minimum atomic E-state index is -0.783. The second-order valence-electron chi connectivity index (χ2n) is 4.09. The van der Waals surface area contributed by atoms with Crippen LogP contribution in [0.2, 0.25) is 0 Å². The molecule has 0 spiro atoms. The highest BCUT2D eigenvalue weighted by Gasteiger charge is 2.24. The number of aliphatic carboxylic acids is 1. The molecule has 1 saturated heterocycles. The molecule has 2 atom stereocenters. The Hall–Kier alpha value is -0.830. The standard InChI is InChI=1S/C11H19NO2/c1-3-10(11(13)14)12-7-4-5-9(2)6-8-12/h3,9-10H,1,4-8H2,2H3,(H,13,14). The molecule has 0 bridgehead atoms. The van der Waals surface area contributed by atoms with Crippen LogP contribution in [-0.4, -0.2) is 35.1 Å². The van der Waals surface area contributed by atoms with Crippen molar-refractivity contribution >= 4 is 5.97 Å². The number of likely N-dealkylation sites (tertiary alicyclic amines) is 1.